The van der Waals surface area contributed by atoms with Crippen LogP contribution >= 0.6 is 0 Å². The Morgan fingerprint density at radius 3 is 2.56 bits per heavy atom. The third-order valence-corrected chi connectivity index (χ3v) is 6.98. The van der Waals surface area contributed by atoms with Crippen LogP contribution in [0.4, 0.5) is 5.82 Å². The number of nitrogen functional groups attached to an aromatic ring is 1. The van der Waals surface area contributed by atoms with E-state index in [9.17, 15) is 19.6 Å². The van der Waals surface area contributed by atoms with Crippen LogP contribution in [0.25, 0.3) is 11.3 Å². The van der Waals surface area contributed by atoms with Gasteiger partial charge in [0.15, 0.2) is 11.5 Å². The molecule has 0 saturated carbocycles. The second-order valence-electron chi connectivity index (χ2n) is 10.3. The summed E-state index contributed by atoms with van der Waals surface area (Å²) in [5.74, 6) is 5.63. The number of allylic oxidation sites excluding steroid dienone is 1. The summed E-state index contributed by atoms with van der Waals surface area (Å²) in [6.07, 6.45) is 6.25. The second kappa shape index (κ2) is 12.5. The maximum Gasteiger partial charge on any atom is 0.269 e. The first-order valence-corrected chi connectivity index (χ1v) is 13.6. The molecular formula is C30H34N8O3. The first kappa shape index (κ1) is 29.0. The Hall–Kier alpha value is -4.98. The highest BCUT2D eigenvalue weighted by molar-refractivity contribution is 6.04. The average Bonchev–Trinajstić information content (AvgIpc) is 3.32. The van der Waals surface area contributed by atoms with Gasteiger partial charge in [0.1, 0.15) is 23.2 Å². The summed E-state index contributed by atoms with van der Waals surface area (Å²) >= 11 is 0. The Bertz CT molecular complexity index is 1530. The maximum atomic E-state index is 13.3. The number of primary amides is 1. The lowest BCUT2D eigenvalue weighted by Crippen LogP contribution is -2.41. The van der Waals surface area contributed by atoms with Crippen LogP contribution in [0.1, 0.15) is 78.3 Å². The number of rotatable bonds is 8. The second-order valence-corrected chi connectivity index (χ2v) is 10.3. The van der Waals surface area contributed by atoms with Crippen LogP contribution in [0.15, 0.2) is 54.2 Å². The van der Waals surface area contributed by atoms with E-state index in [0.29, 0.717) is 35.7 Å². The van der Waals surface area contributed by atoms with E-state index in [2.05, 4.69) is 10.3 Å². The third kappa shape index (κ3) is 6.27. The zero-order chi connectivity index (χ0) is 29.7. The molecule has 3 heterocycles. The number of hydrogen-bond acceptors (Lipinski definition) is 7. The van der Waals surface area contributed by atoms with Crippen LogP contribution in [0, 0.1) is 17.2 Å². The minimum Gasteiger partial charge on any atom is -0.364 e. The number of nitrogens with zero attached hydrogens (tertiary/aromatic N) is 5. The molecule has 212 valence electrons. The number of piperidine rings is 1. The van der Waals surface area contributed by atoms with Gasteiger partial charge in [0.2, 0.25) is 0 Å². The molecule has 1 aliphatic rings. The number of carbonyl (C=O) groups excluding carboxylic acids is 3. The van der Waals surface area contributed by atoms with Crippen LogP contribution < -0.4 is 16.9 Å². The molecule has 0 spiro atoms. The normalized spacial score (nSPS) is 15.4. The van der Waals surface area contributed by atoms with Gasteiger partial charge in [-0.15, -0.1) is 0 Å². The molecule has 11 nitrogen and oxygen atoms in total. The summed E-state index contributed by atoms with van der Waals surface area (Å²) < 4.78 is 1.14. The summed E-state index contributed by atoms with van der Waals surface area (Å²) in [6.45, 7) is 6.23. The van der Waals surface area contributed by atoms with Gasteiger partial charge in [0.05, 0.1) is 6.04 Å². The van der Waals surface area contributed by atoms with Crippen LogP contribution in [-0.4, -0.2) is 43.8 Å². The number of likely N-dealkylation sites (tertiary alicyclic amines) is 1. The highest BCUT2D eigenvalue weighted by atomic mass is 16.2. The number of aryl methyl sites for hydroxylation is 1. The van der Waals surface area contributed by atoms with Gasteiger partial charge in [-0.2, -0.15) is 5.26 Å². The van der Waals surface area contributed by atoms with Gasteiger partial charge >= 0.3 is 0 Å². The summed E-state index contributed by atoms with van der Waals surface area (Å²) in [5, 5.41) is 12.4. The van der Waals surface area contributed by atoms with E-state index < -0.39 is 17.9 Å². The molecule has 2 aromatic heterocycles. The highest BCUT2D eigenvalue weighted by Gasteiger charge is 2.35. The van der Waals surface area contributed by atoms with Crippen LogP contribution in [0.2, 0.25) is 0 Å². The molecule has 4 rings (SSSR count). The lowest BCUT2D eigenvalue weighted by atomic mass is 9.99. The third-order valence-electron chi connectivity index (χ3n) is 6.98. The van der Waals surface area contributed by atoms with Gasteiger partial charge in [-0.3, -0.25) is 14.4 Å². The quantitative estimate of drug-likeness (QED) is 0.216. The van der Waals surface area contributed by atoms with E-state index >= 15 is 0 Å². The first-order chi connectivity index (χ1) is 19.6. The predicted molar refractivity (Wildman–Crippen MR) is 155 cm³/mol. The SMILES string of the molecule is CCc1ccnc(NC(=O)c2ccc(-c3nc([C@@H]4CCCCN4C(=O)/C(C#N)=C/C(C)C)n(N)c3C(N)=O)cc2)c1. The Morgan fingerprint density at radius 2 is 1.93 bits per heavy atom. The molecule has 1 aromatic carbocycles. The number of amides is 3. The standard InChI is InChI=1S/C30H34N8O3/c1-4-19-12-13-34-24(16-19)35-29(40)21-10-8-20(9-11-21)25-26(27(32)39)38(33)28(36-25)23-7-5-6-14-37(23)30(41)22(17-31)15-18(2)3/h8-13,15-16,18,23H,4-7,14,33H2,1-3H3,(H2,32,39)(H,34,35,40)/b22-15+/t23-/m0/s1. The fourth-order valence-electron chi connectivity index (χ4n) is 4.94. The zero-order valence-corrected chi connectivity index (χ0v) is 23.4. The minimum absolute atomic E-state index is 0.0178. The van der Waals surface area contributed by atoms with Gasteiger partial charge < -0.3 is 21.8 Å². The van der Waals surface area contributed by atoms with Crippen LogP contribution in [-0.2, 0) is 11.2 Å². The molecular weight excluding hydrogens is 520 g/mol. The van der Waals surface area contributed by atoms with Crippen molar-refractivity contribution in [2.24, 2.45) is 11.7 Å². The Labute approximate surface area is 238 Å². The molecule has 1 fully saturated rings. The molecule has 1 atom stereocenters. The van der Waals surface area contributed by atoms with Gasteiger partial charge in [-0.1, -0.05) is 39.0 Å². The number of imidazole rings is 1. The van der Waals surface area contributed by atoms with Crippen molar-refractivity contribution in [3.63, 3.8) is 0 Å². The summed E-state index contributed by atoms with van der Waals surface area (Å²) in [7, 11) is 0. The fourth-order valence-corrected chi connectivity index (χ4v) is 4.94. The lowest BCUT2D eigenvalue weighted by molar-refractivity contribution is -0.130. The molecule has 3 aromatic rings. The number of nitrogens with two attached hydrogens (primary N) is 2. The van der Waals surface area contributed by atoms with Crippen LogP contribution in [0.5, 0.6) is 0 Å². The lowest BCUT2D eigenvalue weighted by Gasteiger charge is -2.35. The number of nitrogens with one attached hydrogen (secondary N) is 1. The molecule has 11 heteroatoms. The van der Waals surface area contributed by atoms with Crippen molar-refractivity contribution in [2.45, 2.75) is 52.5 Å². The summed E-state index contributed by atoms with van der Waals surface area (Å²) in [4.78, 5) is 49.2. The molecule has 1 aliphatic heterocycles. The first-order valence-electron chi connectivity index (χ1n) is 13.6. The fraction of sp³-hybridized carbons (Fsp3) is 0.333. The van der Waals surface area contributed by atoms with E-state index in [4.69, 9.17) is 16.6 Å². The molecule has 41 heavy (non-hydrogen) atoms. The number of aromatic nitrogens is 3. The summed E-state index contributed by atoms with van der Waals surface area (Å²) in [5.41, 5.74) is 7.97. The minimum atomic E-state index is -0.781. The number of carbonyl (C=O) groups is 3. The number of anilines is 1. The number of pyridine rings is 1. The van der Waals surface area contributed by atoms with Crippen molar-refractivity contribution in [1.82, 2.24) is 19.5 Å². The van der Waals surface area contributed by atoms with E-state index in [-0.39, 0.29) is 28.8 Å². The highest BCUT2D eigenvalue weighted by Crippen LogP contribution is 2.34. The van der Waals surface area contributed by atoms with E-state index in [0.717, 1.165) is 29.5 Å². The van der Waals surface area contributed by atoms with Gasteiger partial charge in [0.25, 0.3) is 17.7 Å². The zero-order valence-electron chi connectivity index (χ0n) is 23.4. The van der Waals surface area contributed by atoms with Crippen LogP contribution in [0.3, 0.4) is 0 Å². The largest absolute Gasteiger partial charge is 0.364 e. The Balaban J connectivity index is 1.65. The van der Waals surface area contributed by atoms with Gasteiger partial charge in [0, 0.05) is 23.9 Å². The van der Waals surface area contributed by atoms with E-state index in [1.165, 1.54) is 0 Å². The molecule has 0 unspecified atom stereocenters. The molecule has 0 radical (unpaired) electrons. The summed E-state index contributed by atoms with van der Waals surface area (Å²) in [6, 6.07) is 11.7. The maximum absolute atomic E-state index is 13.3. The van der Waals surface area contributed by atoms with Crippen molar-refractivity contribution in [1.29, 1.82) is 5.26 Å². The monoisotopic (exact) mass is 554 g/mol. The Morgan fingerprint density at radius 1 is 1.20 bits per heavy atom. The van der Waals surface area contributed by atoms with Crippen molar-refractivity contribution in [3.05, 3.63) is 76.9 Å². The predicted octanol–water partition coefficient (Wildman–Crippen LogP) is 3.73. The van der Waals surface area contributed by atoms with E-state index in [1.54, 1.807) is 41.4 Å². The molecule has 0 aliphatic carbocycles. The van der Waals surface area contributed by atoms with Crippen molar-refractivity contribution < 1.29 is 14.4 Å². The van der Waals surface area contributed by atoms with Crippen molar-refractivity contribution in [2.75, 3.05) is 17.7 Å². The topological polar surface area (TPSA) is 173 Å². The Kier molecular flexibility index (Phi) is 8.82. The van der Waals surface area contributed by atoms with E-state index in [1.807, 2.05) is 39.0 Å². The van der Waals surface area contributed by atoms with Gasteiger partial charge in [-0.25, -0.2) is 14.6 Å². The number of nitriles is 1. The van der Waals surface area contributed by atoms with Crippen molar-refractivity contribution in [3.8, 4) is 17.3 Å². The number of hydrogen-bond donors (Lipinski definition) is 3. The average molecular weight is 555 g/mol. The van der Waals surface area contributed by atoms with Crippen molar-refractivity contribution >= 4 is 23.5 Å². The molecule has 5 N–H and O–H groups in total. The number of benzene rings is 1. The molecule has 3 amide bonds. The molecule has 1 saturated heterocycles. The van der Waals surface area contributed by atoms with Gasteiger partial charge in [-0.05, 0) is 61.4 Å². The molecule has 0 bridgehead atoms. The smallest absolute Gasteiger partial charge is 0.269 e.